The number of carbonyl (C=O) groups is 1. The Morgan fingerprint density at radius 2 is 2.10 bits per heavy atom. The van der Waals surface area contributed by atoms with E-state index >= 15 is 0 Å². The molecule has 0 spiro atoms. The average Bonchev–Trinajstić information content (AvgIpc) is 2.48. The number of amides is 1. The summed E-state index contributed by atoms with van der Waals surface area (Å²) >= 11 is 0. The number of aliphatic hydroxyl groups is 1. The summed E-state index contributed by atoms with van der Waals surface area (Å²) in [5.41, 5.74) is 0.929. The fraction of sp³-hybridized carbons (Fsp3) is 0.438. The number of hydrogen-bond acceptors (Lipinski definition) is 3. The van der Waals surface area contributed by atoms with Gasteiger partial charge in [0.2, 0.25) is 5.91 Å². The summed E-state index contributed by atoms with van der Waals surface area (Å²) in [6, 6.07) is 7.73. The standard InChI is InChI=1S/C16H21NO3/c1-20-15-4-2-3-12(11-15)5-10-16(19)17-13-6-8-14(18)9-7-13/h2-5,10-11,13-14,18H,6-9H2,1H3,(H,17,19)/b10-5+. The number of rotatable bonds is 4. The second kappa shape index (κ2) is 7.10. The number of nitrogens with one attached hydrogen (secondary N) is 1. The second-order valence-electron chi connectivity index (χ2n) is 5.12. The fourth-order valence-corrected chi connectivity index (χ4v) is 2.39. The summed E-state index contributed by atoms with van der Waals surface area (Å²) in [5.74, 6) is 0.683. The molecule has 1 aliphatic carbocycles. The van der Waals surface area contributed by atoms with Gasteiger partial charge in [-0.05, 0) is 49.5 Å². The molecule has 0 heterocycles. The van der Waals surface area contributed by atoms with E-state index in [2.05, 4.69) is 5.32 Å². The highest BCUT2D eigenvalue weighted by Gasteiger charge is 2.19. The van der Waals surface area contributed by atoms with Crippen molar-refractivity contribution >= 4 is 12.0 Å². The van der Waals surface area contributed by atoms with E-state index in [-0.39, 0.29) is 18.1 Å². The monoisotopic (exact) mass is 275 g/mol. The van der Waals surface area contributed by atoms with Crippen LogP contribution in [0.1, 0.15) is 31.2 Å². The first-order chi connectivity index (χ1) is 9.67. The van der Waals surface area contributed by atoms with Crippen LogP contribution in [-0.4, -0.2) is 30.3 Å². The van der Waals surface area contributed by atoms with Gasteiger partial charge < -0.3 is 15.2 Å². The Hall–Kier alpha value is -1.81. The molecule has 0 radical (unpaired) electrons. The van der Waals surface area contributed by atoms with Gasteiger partial charge in [-0.25, -0.2) is 0 Å². The first-order valence-electron chi connectivity index (χ1n) is 6.98. The number of aliphatic hydroxyl groups excluding tert-OH is 1. The molecule has 108 valence electrons. The third-order valence-corrected chi connectivity index (χ3v) is 3.56. The van der Waals surface area contributed by atoms with E-state index in [1.807, 2.05) is 24.3 Å². The molecule has 2 N–H and O–H groups in total. The van der Waals surface area contributed by atoms with Crippen LogP contribution in [0.2, 0.25) is 0 Å². The molecule has 0 atom stereocenters. The van der Waals surface area contributed by atoms with Crippen molar-refractivity contribution in [2.75, 3.05) is 7.11 Å². The third kappa shape index (κ3) is 4.38. The normalized spacial score (nSPS) is 22.7. The highest BCUT2D eigenvalue weighted by atomic mass is 16.5. The van der Waals surface area contributed by atoms with Gasteiger partial charge in [-0.3, -0.25) is 4.79 Å². The minimum Gasteiger partial charge on any atom is -0.497 e. The van der Waals surface area contributed by atoms with Crippen molar-refractivity contribution in [3.8, 4) is 5.75 Å². The maximum atomic E-state index is 11.8. The van der Waals surface area contributed by atoms with Crippen molar-refractivity contribution in [3.05, 3.63) is 35.9 Å². The Morgan fingerprint density at radius 3 is 2.80 bits per heavy atom. The Labute approximate surface area is 119 Å². The smallest absolute Gasteiger partial charge is 0.244 e. The van der Waals surface area contributed by atoms with Gasteiger partial charge in [0.05, 0.1) is 13.2 Å². The maximum Gasteiger partial charge on any atom is 0.244 e. The van der Waals surface area contributed by atoms with Gasteiger partial charge in [-0.15, -0.1) is 0 Å². The summed E-state index contributed by atoms with van der Waals surface area (Å²) in [5, 5.41) is 12.4. The lowest BCUT2D eigenvalue weighted by atomic mass is 9.93. The molecule has 20 heavy (non-hydrogen) atoms. The van der Waals surface area contributed by atoms with Crippen molar-refractivity contribution < 1.29 is 14.6 Å². The molecule has 0 bridgehead atoms. The van der Waals surface area contributed by atoms with Crippen LogP contribution in [0.5, 0.6) is 5.75 Å². The summed E-state index contributed by atoms with van der Waals surface area (Å²) in [6.07, 6.45) is 6.35. The van der Waals surface area contributed by atoms with Gasteiger partial charge in [0.1, 0.15) is 5.75 Å². The van der Waals surface area contributed by atoms with E-state index in [1.54, 1.807) is 19.3 Å². The van der Waals surface area contributed by atoms with E-state index in [9.17, 15) is 9.90 Å². The molecule has 0 aromatic heterocycles. The van der Waals surface area contributed by atoms with E-state index in [4.69, 9.17) is 4.74 Å². The average molecular weight is 275 g/mol. The highest BCUT2D eigenvalue weighted by Crippen LogP contribution is 2.18. The van der Waals surface area contributed by atoms with Crippen molar-refractivity contribution in [2.45, 2.75) is 37.8 Å². The number of carbonyl (C=O) groups excluding carboxylic acids is 1. The van der Waals surface area contributed by atoms with Gasteiger partial charge in [0, 0.05) is 12.1 Å². The fourth-order valence-electron chi connectivity index (χ4n) is 2.39. The van der Waals surface area contributed by atoms with Crippen LogP contribution in [0, 0.1) is 0 Å². The van der Waals surface area contributed by atoms with Crippen LogP contribution in [-0.2, 0) is 4.79 Å². The zero-order valence-corrected chi connectivity index (χ0v) is 11.7. The molecule has 4 nitrogen and oxygen atoms in total. The molecule has 0 aliphatic heterocycles. The van der Waals surface area contributed by atoms with Crippen LogP contribution >= 0.6 is 0 Å². The van der Waals surface area contributed by atoms with Crippen LogP contribution in [0.15, 0.2) is 30.3 Å². The summed E-state index contributed by atoms with van der Waals surface area (Å²) in [4.78, 5) is 11.8. The highest BCUT2D eigenvalue weighted by molar-refractivity contribution is 5.91. The minimum absolute atomic E-state index is 0.0887. The molecule has 1 aromatic rings. The molecule has 1 amide bonds. The Kier molecular flexibility index (Phi) is 5.18. The van der Waals surface area contributed by atoms with Crippen LogP contribution in [0.3, 0.4) is 0 Å². The van der Waals surface area contributed by atoms with Crippen molar-refractivity contribution in [1.29, 1.82) is 0 Å². The Balaban J connectivity index is 1.85. The minimum atomic E-state index is -0.199. The van der Waals surface area contributed by atoms with E-state index in [0.29, 0.717) is 0 Å². The van der Waals surface area contributed by atoms with E-state index in [1.165, 1.54) is 0 Å². The van der Waals surface area contributed by atoms with Gasteiger partial charge in [0.25, 0.3) is 0 Å². The predicted octanol–water partition coefficient (Wildman–Crippen LogP) is 2.13. The lowest BCUT2D eigenvalue weighted by molar-refractivity contribution is -0.117. The van der Waals surface area contributed by atoms with Crippen LogP contribution in [0.4, 0.5) is 0 Å². The SMILES string of the molecule is COc1cccc(/C=C/C(=O)NC2CCC(O)CC2)c1. The van der Waals surface area contributed by atoms with E-state index in [0.717, 1.165) is 37.0 Å². The van der Waals surface area contributed by atoms with Crippen molar-refractivity contribution in [3.63, 3.8) is 0 Å². The first-order valence-corrected chi connectivity index (χ1v) is 6.98. The molecule has 1 fully saturated rings. The van der Waals surface area contributed by atoms with Gasteiger partial charge in [-0.1, -0.05) is 12.1 Å². The Morgan fingerprint density at radius 1 is 1.35 bits per heavy atom. The number of methoxy groups -OCH3 is 1. The molecule has 1 aromatic carbocycles. The first kappa shape index (κ1) is 14.6. The molecule has 2 rings (SSSR count). The summed E-state index contributed by atoms with van der Waals surface area (Å²) in [7, 11) is 1.62. The molecule has 0 saturated heterocycles. The molecular formula is C16H21NO3. The zero-order valence-electron chi connectivity index (χ0n) is 11.7. The molecule has 0 unspecified atom stereocenters. The third-order valence-electron chi connectivity index (χ3n) is 3.56. The van der Waals surface area contributed by atoms with Crippen LogP contribution < -0.4 is 10.1 Å². The lowest BCUT2D eigenvalue weighted by Crippen LogP contribution is -2.37. The largest absolute Gasteiger partial charge is 0.497 e. The maximum absolute atomic E-state index is 11.8. The molecule has 4 heteroatoms. The van der Waals surface area contributed by atoms with Crippen LogP contribution in [0.25, 0.3) is 6.08 Å². The van der Waals surface area contributed by atoms with Crippen molar-refractivity contribution in [1.82, 2.24) is 5.32 Å². The number of benzene rings is 1. The predicted molar refractivity (Wildman–Crippen MR) is 78.4 cm³/mol. The zero-order chi connectivity index (χ0) is 14.4. The molecule has 1 aliphatic rings. The number of ether oxygens (including phenoxy) is 1. The topological polar surface area (TPSA) is 58.6 Å². The van der Waals surface area contributed by atoms with Gasteiger partial charge in [-0.2, -0.15) is 0 Å². The molecular weight excluding hydrogens is 254 g/mol. The van der Waals surface area contributed by atoms with E-state index < -0.39 is 0 Å². The lowest BCUT2D eigenvalue weighted by Gasteiger charge is -2.25. The van der Waals surface area contributed by atoms with Crippen molar-refractivity contribution in [2.24, 2.45) is 0 Å². The Bertz CT molecular complexity index is 476. The second-order valence-corrected chi connectivity index (χ2v) is 5.12. The number of hydrogen-bond donors (Lipinski definition) is 2. The molecule has 1 saturated carbocycles. The van der Waals surface area contributed by atoms with Gasteiger partial charge >= 0.3 is 0 Å². The summed E-state index contributed by atoms with van der Waals surface area (Å²) in [6.45, 7) is 0. The summed E-state index contributed by atoms with van der Waals surface area (Å²) < 4.78 is 5.14. The quantitative estimate of drug-likeness (QED) is 0.828. The van der Waals surface area contributed by atoms with Gasteiger partial charge in [0.15, 0.2) is 0 Å².